The minimum absolute atomic E-state index is 0. The number of hydrogen-bond acceptors (Lipinski definition) is 1. The molecule has 0 bridgehead atoms. The van der Waals surface area contributed by atoms with Crippen LogP contribution in [-0.2, 0) is 44.3 Å². The molecule has 0 aromatic rings. The number of halogens is 3. The molecule has 21 heavy (non-hydrogen) atoms. The van der Waals surface area contributed by atoms with Crippen LogP contribution in [0.5, 0.6) is 0 Å². The summed E-state index contributed by atoms with van der Waals surface area (Å²) in [5.74, 6) is 0. The van der Waals surface area contributed by atoms with E-state index >= 15 is 0 Å². The second kappa shape index (κ2) is 50.8. The fraction of sp³-hybridized carbons (Fsp3) is 0.455. The van der Waals surface area contributed by atoms with Gasteiger partial charge in [-0.05, 0) is 13.1 Å². The van der Waals surface area contributed by atoms with Crippen LogP contribution in [0.2, 0.25) is 0 Å². The SMILES string of the molecule is CCN([C]C(F)(F)F)CC.[C-]#[O+].[C-]#[O+].[C-]#[O+].[C-]#[O+].[C-]#[O+].[W]. The Labute approximate surface area is 135 Å². The summed E-state index contributed by atoms with van der Waals surface area (Å²) in [7, 11) is 0. The summed E-state index contributed by atoms with van der Waals surface area (Å²) in [6.45, 7) is 27.9. The molecular formula is C11H10F3NO5W. The van der Waals surface area contributed by atoms with Gasteiger partial charge in [0.25, 0.3) is 0 Å². The van der Waals surface area contributed by atoms with E-state index in [9.17, 15) is 13.2 Å². The number of alkyl halides is 3. The van der Waals surface area contributed by atoms with E-state index in [4.69, 9.17) is 23.3 Å². The molecule has 0 aromatic carbocycles. The van der Waals surface area contributed by atoms with Gasteiger partial charge in [0.05, 0.1) is 0 Å². The monoisotopic (exact) mass is 477 g/mol. The van der Waals surface area contributed by atoms with E-state index in [1.165, 1.54) is 6.54 Å². The molecule has 0 aliphatic carbocycles. The Morgan fingerprint density at radius 3 is 1.00 bits per heavy atom. The number of nitrogens with zero attached hydrogens (tertiary/aromatic N) is 1. The maximum absolute atomic E-state index is 11.5. The van der Waals surface area contributed by atoms with Crippen LogP contribution in [-0.4, -0.2) is 24.2 Å². The molecule has 0 saturated heterocycles. The van der Waals surface area contributed by atoms with E-state index in [0.717, 1.165) is 4.90 Å². The van der Waals surface area contributed by atoms with Crippen molar-refractivity contribution in [3.05, 3.63) is 39.8 Å². The molecule has 0 N–H and O–H groups in total. The third-order valence-electron chi connectivity index (χ3n) is 1.05. The van der Waals surface area contributed by atoms with Crippen LogP contribution in [0, 0.1) is 39.8 Å². The number of rotatable bonds is 3. The first-order valence-corrected chi connectivity index (χ1v) is 4.11. The molecule has 0 amide bonds. The Kier molecular flexibility index (Phi) is 103. The van der Waals surface area contributed by atoms with Gasteiger partial charge in [-0.1, -0.05) is 13.8 Å². The molecule has 0 unspecified atom stereocenters. The van der Waals surface area contributed by atoms with Gasteiger partial charge in [-0.25, -0.2) is 0 Å². The first-order valence-electron chi connectivity index (χ1n) is 4.11. The minimum atomic E-state index is -4.30. The zero-order valence-corrected chi connectivity index (χ0v) is 13.9. The molecule has 6 nitrogen and oxygen atoms in total. The van der Waals surface area contributed by atoms with Crippen molar-refractivity contribution in [2.45, 2.75) is 20.0 Å². The van der Waals surface area contributed by atoms with Crippen LogP contribution in [0.3, 0.4) is 0 Å². The zero-order valence-electron chi connectivity index (χ0n) is 10.9. The average molecular weight is 477 g/mol. The standard InChI is InChI=1S/C6H10F3N.5CO.W/c1-3-10(4-2)5-6(7,8)9;5*1-2;/h3-4H2,1-2H3;;;;;;. The molecule has 0 aliphatic heterocycles. The Balaban J connectivity index is -0.0000000303. The summed E-state index contributed by atoms with van der Waals surface area (Å²) >= 11 is 0. The first kappa shape index (κ1) is 42.7. The van der Waals surface area contributed by atoms with Crippen molar-refractivity contribution in [1.82, 2.24) is 4.90 Å². The van der Waals surface area contributed by atoms with Gasteiger partial charge < -0.3 is 0 Å². The third kappa shape index (κ3) is 84.9. The van der Waals surface area contributed by atoms with E-state index < -0.39 is 6.18 Å². The summed E-state index contributed by atoms with van der Waals surface area (Å²) < 4.78 is 72.1. The predicted molar refractivity (Wildman–Crippen MR) is 51.9 cm³/mol. The molecule has 10 heteroatoms. The summed E-state index contributed by atoms with van der Waals surface area (Å²) in [5, 5.41) is 0. The van der Waals surface area contributed by atoms with E-state index in [0.29, 0.717) is 13.1 Å². The van der Waals surface area contributed by atoms with Gasteiger partial charge in [-0.3, -0.25) is 4.90 Å². The Morgan fingerprint density at radius 2 is 0.952 bits per heavy atom. The van der Waals surface area contributed by atoms with Gasteiger partial charge in [0.2, 0.25) is 0 Å². The summed E-state index contributed by atoms with van der Waals surface area (Å²) in [6, 6.07) is 0. The van der Waals surface area contributed by atoms with E-state index in [2.05, 4.69) is 33.3 Å². The van der Waals surface area contributed by atoms with Crippen LogP contribution < -0.4 is 0 Å². The van der Waals surface area contributed by atoms with E-state index in [-0.39, 0.29) is 21.1 Å². The van der Waals surface area contributed by atoms with Crippen LogP contribution in [0.25, 0.3) is 0 Å². The van der Waals surface area contributed by atoms with Crippen molar-refractivity contribution >= 4 is 0 Å². The van der Waals surface area contributed by atoms with Gasteiger partial charge in [-0.2, -0.15) is 13.2 Å². The number of hydrogen-bond donors (Lipinski definition) is 0. The van der Waals surface area contributed by atoms with Crippen molar-refractivity contribution in [2.24, 2.45) is 0 Å². The molecule has 0 aromatic heterocycles. The molecule has 0 spiro atoms. The van der Waals surface area contributed by atoms with Crippen molar-refractivity contribution in [1.29, 1.82) is 0 Å². The smallest absolute Gasteiger partial charge is 0 e. The molecule has 0 fully saturated rings. The molecule has 116 valence electrons. The van der Waals surface area contributed by atoms with Crippen molar-refractivity contribution in [2.75, 3.05) is 13.1 Å². The minimum Gasteiger partial charge on any atom is 0 e. The Morgan fingerprint density at radius 1 is 0.762 bits per heavy atom. The average Bonchev–Trinajstić information content (AvgIpc) is 2.54. The fourth-order valence-electron chi connectivity index (χ4n) is 0.561. The fourth-order valence-corrected chi connectivity index (χ4v) is 0.561. The van der Waals surface area contributed by atoms with Gasteiger partial charge in [-0.15, -0.1) is 0 Å². The predicted octanol–water partition coefficient (Wildman–Crippen LogP) is 1.74. The van der Waals surface area contributed by atoms with Gasteiger partial charge in [0.15, 0.2) is 6.54 Å². The molecule has 0 atom stereocenters. The topological polar surface area (TPSA) is 103 Å². The summed E-state index contributed by atoms with van der Waals surface area (Å²) in [5.41, 5.74) is 0. The Bertz CT molecular complexity index is 222. The second-order valence-electron chi connectivity index (χ2n) is 1.78. The molecular weight excluding hydrogens is 467 g/mol. The second-order valence-corrected chi connectivity index (χ2v) is 1.78. The quantitative estimate of drug-likeness (QED) is 0.345. The maximum atomic E-state index is 11.5. The van der Waals surface area contributed by atoms with E-state index in [1.54, 1.807) is 13.8 Å². The zero-order chi connectivity index (χ0) is 18.2. The largest absolute Gasteiger partial charge is 0 e. The van der Waals surface area contributed by atoms with Gasteiger partial charge in [0.1, 0.15) is 0 Å². The molecule has 0 heterocycles. The third-order valence-corrected chi connectivity index (χ3v) is 1.05. The molecule has 2 radical (unpaired) electrons. The van der Waals surface area contributed by atoms with Crippen LogP contribution in [0.1, 0.15) is 13.8 Å². The van der Waals surface area contributed by atoms with Crippen LogP contribution >= 0.6 is 0 Å². The van der Waals surface area contributed by atoms with Crippen molar-refractivity contribution < 1.29 is 57.5 Å². The van der Waals surface area contributed by atoms with Crippen LogP contribution in [0.4, 0.5) is 13.2 Å². The maximum Gasteiger partial charge on any atom is 0 e. The molecule has 0 rings (SSSR count). The van der Waals surface area contributed by atoms with Crippen LogP contribution in [0.15, 0.2) is 0 Å². The van der Waals surface area contributed by atoms with Crippen molar-refractivity contribution in [3.63, 3.8) is 0 Å². The van der Waals surface area contributed by atoms with Gasteiger partial charge >= 0.3 is 62.7 Å². The Hall–Kier alpha value is -0.862. The van der Waals surface area contributed by atoms with Gasteiger partial charge in [0, 0.05) is 21.1 Å². The first-order chi connectivity index (χ1) is 9.49. The summed E-state index contributed by atoms with van der Waals surface area (Å²) in [4.78, 5) is 1.08. The summed E-state index contributed by atoms with van der Waals surface area (Å²) in [6.07, 6.45) is -4.30. The molecule has 0 saturated carbocycles. The van der Waals surface area contributed by atoms with Crippen molar-refractivity contribution in [3.8, 4) is 0 Å². The normalized spacial score (nSPS) is 6.48. The molecule has 0 aliphatic rings. The van der Waals surface area contributed by atoms with E-state index in [1.807, 2.05) is 0 Å².